The van der Waals surface area contributed by atoms with Crippen molar-refractivity contribution in [2.45, 2.75) is 18.3 Å². The first-order valence-corrected chi connectivity index (χ1v) is 8.80. The molecule has 1 saturated carbocycles. The smallest absolute Gasteiger partial charge is 0.235 e. The molecule has 0 aliphatic heterocycles. The quantitative estimate of drug-likeness (QED) is 0.686. The van der Waals surface area contributed by atoms with Crippen LogP contribution >= 0.6 is 0 Å². The molecular weight excluding hydrogens is 318 g/mol. The van der Waals surface area contributed by atoms with Crippen LogP contribution in [0.4, 0.5) is 5.69 Å². The first-order chi connectivity index (χ1) is 12.8. The molecular formula is C24H19NO. The number of carbonyl (C=O) groups excluding carboxylic acids is 1. The van der Waals surface area contributed by atoms with Crippen LogP contribution < -0.4 is 5.32 Å². The zero-order valence-corrected chi connectivity index (χ0v) is 14.4. The lowest BCUT2D eigenvalue weighted by molar-refractivity contribution is -0.118. The van der Waals surface area contributed by atoms with E-state index in [4.69, 9.17) is 0 Å². The van der Waals surface area contributed by atoms with Crippen molar-refractivity contribution in [2.24, 2.45) is 0 Å². The second-order valence-corrected chi connectivity index (χ2v) is 6.60. The van der Waals surface area contributed by atoms with E-state index in [9.17, 15) is 4.79 Å². The van der Waals surface area contributed by atoms with Gasteiger partial charge in [-0.2, -0.15) is 0 Å². The van der Waals surface area contributed by atoms with E-state index in [0.717, 1.165) is 35.2 Å². The van der Waals surface area contributed by atoms with E-state index in [1.807, 2.05) is 84.9 Å². The summed E-state index contributed by atoms with van der Waals surface area (Å²) in [6.45, 7) is 0. The Kier molecular flexibility index (Phi) is 4.29. The van der Waals surface area contributed by atoms with E-state index < -0.39 is 0 Å². The summed E-state index contributed by atoms with van der Waals surface area (Å²) in [7, 11) is 0. The minimum Gasteiger partial charge on any atom is -0.325 e. The molecule has 26 heavy (non-hydrogen) atoms. The predicted octanol–water partition coefficient (Wildman–Crippen LogP) is 4.76. The lowest BCUT2D eigenvalue weighted by Gasteiger charge is -2.15. The lowest BCUT2D eigenvalue weighted by Crippen LogP contribution is -2.27. The number of benzene rings is 3. The zero-order valence-electron chi connectivity index (χ0n) is 14.4. The van der Waals surface area contributed by atoms with E-state index in [2.05, 4.69) is 17.2 Å². The van der Waals surface area contributed by atoms with Crippen LogP contribution in [0.3, 0.4) is 0 Å². The Bertz CT molecular complexity index is 977. The van der Waals surface area contributed by atoms with Crippen molar-refractivity contribution in [3.05, 3.63) is 102 Å². The van der Waals surface area contributed by atoms with Gasteiger partial charge in [0.1, 0.15) is 0 Å². The van der Waals surface area contributed by atoms with Crippen molar-refractivity contribution in [1.82, 2.24) is 0 Å². The Balaban J connectivity index is 1.51. The molecule has 1 N–H and O–H groups in total. The molecule has 0 bridgehead atoms. The Labute approximate surface area is 153 Å². The largest absolute Gasteiger partial charge is 0.325 e. The molecule has 126 valence electrons. The normalized spacial score (nSPS) is 14.0. The molecule has 0 heterocycles. The second kappa shape index (κ2) is 6.90. The highest BCUT2D eigenvalue weighted by atomic mass is 16.2. The number of hydrogen-bond acceptors (Lipinski definition) is 1. The van der Waals surface area contributed by atoms with Gasteiger partial charge in [-0.15, -0.1) is 0 Å². The van der Waals surface area contributed by atoms with Crippen LogP contribution in [0.15, 0.2) is 84.9 Å². The van der Waals surface area contributed by atoms with Crippen LogP contribution in [-0.4, -0.2) is 5.91 Å². The van der Waals surface area contributed by atoms with Crippen LogP contribution in [0, 0.1) is 11.8 Å². The van der Waals surface area contributed by atoms with Crippen molar-refractivity contribution in [2.75, 3.05) is 5.32 Å². The minimum absolute atomic E-state index is 0.0665. The molecule has 1 aliphatic carbocycles. The van der Waals surface area contributed by atoms with Gasteiger partial charge in [-0.3, -0.25) is 4.79 Å². The molecule has 4 rings (SSSR count). The van der Waals surface area contributed by atoms with Crippen molar-refractivity contribution < 1.29 is 4.79 Å². The molecule has 1 amide bonds. The molecule has 0 unspecified atom stereocenters. The second-order valence-electron chi connectivity index (χ2n) is 6.60. The average molecular weight is 337 g/mol. The van der Waals surface area contributed by atoms with Gasteiger partial charge in [0.05, 0.1) is 5.41 Å². The maximum atomic E-state index is 12.8. The van der Waals surface area contributed by atoms with Gasteiger partial charge in [0, 0.05) is 16.8 Å². The summed E-state index contributed by atoms with van der Waals surface area (Å²) in [4.78, 5) is 12.8. The molecule has 3 aromatic rings. The van der Waals surface area contributed by atoms with E-state index in [1.165, 1.54) is 0 Å². The summed E-state index contributed by atoms with van der Waals surface area (Å²) in [6.07, 6.45) is 1.80. The molecule has 2 heteroatoms. The maximum absolute atomic E-state index is 12.8. The molecule has 0 radical (unpaired) electrons. The van der Waals surface area contributed by atoms with Gasteiger partial charge in [-0.1, -0.05) is 66.4 Å². The minimum atomic E-state index is -0.368. The first-order valence-electron chi connectivity index (χ1n) is 8.80. The van der Waals surface area contributed by atoms with E-state index in [1.54, 1.807) is 0 Å². The third kappa shape index (κ3) is 3.38. The number of carbonyl (C=O) groups is 1. The third-order valence-electron chi connectivity index (χ3n) is 4.76. The molecule has 0 saturated heterocycles. The number of amides is 1. The van der Waals surface area contributed by atoms with Crippen LogP contribution in [0.25, 0.3) is 0 Å². The summed E-state index contributed by atoms with van der Waals surface area (Å²) in [5, 5.41) is 3.08. The zero-order chi connectivity index (χ0) is 17.8. The van der Waals surface area contributed by atoms with Crippen molar-refractivity contribution >= 4 is 11.6 Å². The van der Waals surface area contributed by atoms with Crippen LogP contribution in [0.5, 0.6) is 0 Å². The van der Waals surface area contributed by atoms with Gasteiger partial charge in [0.2, 0.25) is 5.91 Å². The first kappa shape index (κ1) is 16.2. The fraction of sp³-hybridized carbons (Fsp3) is 0.125. The Hall–Kier alpha value is -3.31. The molecule has 1 fully saturated rings. The number of nitrogens with one attached hydrogen (secondary N) is 1. The van der Waals surface area contributed by atoms with E-state index in [-0.39, 0.29) is 11.3 Å². The topological polar surface area (TPSA) is 29.1 Å². The fourth-order valence-corrected chi connectivity index (χ4v) is 3.12. The summed E-state index contributed by atoms with van der Waals surface area (Å²) >= 11 is 0. The highest BCUT2D eigenvalue weighted by Crippen LogP contribution is 2.48. The average Bonchev–Trinajstić information content (AvgIpc) is 3.50. The highest BCUT2D eigenvalue weighted by Gasteiger charge is 2.51. The Morgan fingerprint density at radius 1 is 0.769 bits per heavy atom. The molecule has 0 atom stereocenters. The van der Waals surface area contributed by atoms with Crippen molar-refractivity contribution in [3.63, 3.8) is 0 Å². The predicted molar refractivity (Wildman–Crippen MR) is 105 cm³/mol. The number of hydrogen-bond donors (Lipinski definition) is 1. The molecule has 2 nitrogen and oxygen atoms in total. The molecule has 0 aromatic heterocycles. The van der Waals surface area contributed by atoms with Gasteiger partial charge in [0.15, 0.2) is 0 Å². The third-order valence-corrected chi connectivity index (χ3v) is 4.76. The Morgan fingerprint density at radius 2 is 1.38 bits per heavy atom. The standard InChI is InChI=1S/C24H19NO/c26-23(24(16-17-24)21-11-5-2-6-12-21)25-22-13-7-10-20(18-22)15-14-19-8-3-1-4-9-19/h1-13,18H,16-17H2,(H,25,26). The summed E-state index contributed by atoms with van der Waals surface area (Å²) < 4.78 is 0. The number of anilines is 1. The van der Waals surface area contributed by atoms with Gasteiger partial charge >= 0.3 is 0 Å². The summed E-state index contributed by atoms with van der Waals surface area (Å²) in [6, 6.07) is 27.6. The monoisotopic (exact) mass is 337 g/mol. The lowest BCUT2D eigenvalue weighted by atomic mass is 9.95. The van der Waals surface area contributed by atoms with E-state index >= 15 is 0 Å². The summed E-state index contributed by atoms with van der Waals surface area (Å²) in [5.41, 5.74) is 3.38. The van der Waals surface area contributed by atoms with Crippen molar-refractivity contribution in [1.29, 1.82) is 0 Å². The summed E-state index contributed by atoms with van der Waals surface area (Å²) in [5.74, 6) is 6.37. The van der Waals surface area contributed by atoms with Gasteiger partial charge in [-0.05, 0) is 48.7 Å². The molecule has 1 aliphatic rings. The Morgan fingerprint density at radius 3 is 2.08 bits per heavy atom. The fourth-order valence-electron chi connectivity index (χ4n) is 3.12. The van der Waals surface area contributed by atoms with Gasteiger partial charge in [-0.25, -0.2) is 0 Å². The van der Waals surface area contributed by atoms with Gasteiger partial charge in [0.25, 0.3) is 0 Å². The SMILES string of the molecule is O=C(Nc1cccc(C#Cc2ccccc2)c1)C1(c2ccccc2)CC1. The highest BCUT2D eigenvalue weighted by molar-refractivity contribution is 6.01. The van der Waals surface area contributed by atoms with E-state index in [0.29, 0.717) is 0 Å². The molecule has 3 aromatic carbocycles. The van der Waals surface area contributed by atoms with Crippen molar-refractivity contribution in [3.8, 4) is 11.8 Å². The maximum Gasteiger partial charge on any atom is 0.235 e. The number of rotatable bonds is 3. The van der Waals surface area contributed by atoms with Crippen LogP contribution in [0.2, 0.25) is 0 Å². The van der Waals surface area contributed by atoms with Crippen LogP contribution in [-0.2, 0) is 10.2 Å². The molecule has 0 spiro atoms. The van der Waals surface area contributed by atoms with Gasteiger partial charge < -0.3 is 5.32 Å². The van der Waals surface area contributed by atoms with Crippen LogP contribution in [0.1, 0.15) is 29.5 Å².